The molecule has 0 saturated heterocycles. The minimum absolute atomic E-state index is 0.0445. The molecule has 2 aromatic rings. The summed E-state index contributed by atoms with van der Waals surface area (Å²) in [7, 11) is 0. The molecule has 1 heterocycles. The number of hydrogen-bond donors (Lipinski definition) is 2. The summed E-state index contributed by atoms with van der Waals surface area (Å²) >= 11 is 7.18. The fourth-order valence-electron chi connectivity index (χ4n) is 1.54. The van der Waals surface area contributed by atoms with Crippen LogP contribution in [0.2, 0.25) is 5.02 Å². The van der Waals surface area contributed by atoms with E-state index in [4.69, 9.17) is 11.6 Å². The normalized spacial score (nSPS) is 12.2. The second-order valence-electron chi connectivity index (χ2n) is 3.87. The number of benzene rings is 1. The zero-order chi connectivity index (χ0) is 13.8. The smallest absolute Gasteiger partial charge is 0.252 e. The van der Waals surface area contributed by atoms with Crippen LogP contribution in [0.15, 0.2) is 35.7 Å². The maximum Gasteiger partial charge on any atom is 0.252 e. The SMILES string of the molecule is O=C(NCC(O)c1cccs1)c1ccc(F)cc1Cl. The van der Waals surface area contributed by atoms with Crippen LogP contribution in [0.3, 0.4) is 0 Å². The van der Waals surface area contributed by atoms with Gasteiger partial charge in [-0.05, 0) is 29.6 Å². The molecule has 100 valence electrons. The van der Waals surface area contributed by atoms with Crippen molar-refractivity contribution in [1.29, 1.82) is 0 Å². The summed E-state index contributed by atoms with van der Waals surface area (Å²) in [5, 5.41) is 14.3. The average Bonchev–Trinajstić information content (AvgIpc) is 2.89. The van der Waals surface area contributed by atoms with E-state index in [-0.39, 0.29) is 17.1 Å². The van der Waals surface area contributed by atoms with Crippen LogP contribution >= 0.6 is 22.9 Å². The first kappa shape index (κ1) is 14.0. The van der Waals surface area contributed by atoms with E-state index in [1.165, 1.54) is 17.4 Å². The van der Waals surface area contributed by atoms with E-state index in [2.05, 4.69) is 5.32 Å². The Morgan fingerprint density at radius 3 is 2.89 bits per heavy atom. The Labute approximate surface area is 118 Å². The number of carbonyl (C=O) groups excluding carboxylic acids is 1. The lowest BCUT2D eigenvalue weighted by Gasteiger charge is -2.11. The van der Waals surface area contributed by atoms with Gasteiger partial charge in [0.05, 0.1) is 10.6 Å². The Morgan fingerprint density at radius 2 is 2.26 bits per heavy atom. The predicted octanol–water partition coefficient (Wildman–Crippen LogP) is 3.00. The second kappa shape index (κ2) is 6.14. The van der Waals surface area contributed by atoms with Gasteiger partial charge in [0.1, 0.15) is 11.9 Å². The number of hydrogen-bond acceptors (Lipinski definition) is 3. The quantitative estimate of drug-likeness (QED) is 0.912. The Balaban J connectivity index is 1.98. The summed E-state index contributed by atoms with van der Waals surface area (Å²) in [4.78, 5) is 12.6. The number of carbonyl (C=O) groups is 1. The molecule has 1 atom stereocenters. The number of aliphatic hydroxyl groups excluding tert-OH is 1. The summed E-state index contributed by atoms with van der Waals surface area (Å²) < 4.78 is 12.9. The first-order valence-electron chi connectivity index (χ1n) is 5.52. The topological polar surface area (TPSA) is 49.3 Å². The number of rotatable bonds is 4. The molecular formula is C13H11ClFNO2S. The first-order chi connectivity index (χ1) is 9.08. The third-order valence-electron chi connectivity index (χ3n) is 2.50. The molecule has 1 aromatic heterocycles. The molecule has 0 spiro atoms. The van der Waals surface area contributed by atoms with Crippen LogP contribution in [-0.2, 0) is 0 Å². The van der Waals surface area contributed by atoms with Crippen molar-refractivity contribution in [3.8, 4) is 0 Å². The van der Waals surface area contributed by atoms with Gasteiger partial charge in [-0.2, -0.15) is 0 Å². The summed E-state index contributed by atoms with van der Waals surface area (Å²) in [5.41, 5.74) is 0.182. The van der Waals surface area contributed by atoms with Gasteiger partial charge < -0.3 is 10.4 Å². The van der Waals surface area contributed by atoms with Crippen LogP contribution in [0, 0.1) is 5.82 Å². The molecule has 0 aliphatic rings. The third kappa shape index (κ3) is 3.53. The minimum Gasteiger partial charge on any atom is -0.386 e. The van der Waals surface area contributed by atoms with Crippen molar-refractivity contribution < 1.29 is 14.3 Å². The average molecular weight is 300 g/mol. The van der Waals surface area contributed by atoms with Gasteiger partial charge in [0.15, 0.2) is 0 Å². The molecule has 0 saturated carbocycles. The summed E-state index contributed by atoms with van der Waals surface area (Å²) in [6.07, 6.45) is -0.761. The fraction of sp³-hybridized carbons (Fsp3) is 0.154. The number of thiophene rings is 1. The molecule has 1 amide bonds. The highest BCUT2D eigenvalue weighted by Gasteiger charge is 2.14. The van der Waals surface area contributed by atoms with E-state index in [0.29, 0.717) is 0 Å². The van der Waals surface area contributed by atoms with E-state index >= 15 is 0 Å². The highest BCUT2D eigenvalue weighted by atomic mass is 35.5. The zero-order valence-corrected chi connectivity index (χ0v) is 11.3. The van der Waals surface area contributed by atoms with Crippen molar-refractivity contribution >= 4 is 28.8 Å². The van der Waals surface area contributed by atoms with Crippen LogP contribution in [-0.4, -0.2) is 17.6 Å². The molecule has 19 heavy (non-hydrogen) atoms. The Bertz CT molecular complexity index is 574. The van der Waals surface area contributed by atoms with E-state index in [0.717, 1.165) is 17.0 Å². The van der Waals surface area contributed by atoms with E-state index < -0.39 is 17.8 Å². The largest absolute Gasteiger partial charge is 0.386 e. The highest BCUT2D eigenvalue weighted by molar-refractivity contribution is 7.10. The van der Waals surface area contributed by atoms with E-state index in [1.807, 2.05) is 11.4 Å². The van der Waals surface area contributed by atoms with Crippen molar-refractivity contribution in [2.75, 3.05) is 6.54 Å². The first-order valence-corrected chi connectivity index (χ1v) is 6.78. The Morgan fingerprint density at radius 1 is 1.47 bits per heavy atom. The van der Waals surface area contributed by atoms with Gasteiger partial charge >= 0.3 is 0 Å². The fourth-order valence-corrected chi connectivity index (χ4v) is 2.50. The maximum absolute atomic E-state index is 12.9. The molecular weight excluding hydrogens is 289 g/mol. The Hall–Kier alpha value is -1.43. The summed E-state index contributed by atoms with van der Waals surface area (Å²) in [6.45, 7) is 0.0764. The van der Waals surface area contributed by atoms with Gasteiger partial charge in [-0.3, -0.25) is 4.79 Å². The number of nitrogens with one attached hydrogen (secondary N) is 1. The zero-order valence-electron chi connectivity index (χ0n) is 9.77. The van der Waals surface area contributed by atoms with Crippen molar-refractivity contribution in [2.24, 2.45) is 0 Å². The molecule has 1 unspecified atom stereocenters. The van der Waals surface area contributed by atoms with Crippen LogP contribution in [0.25, 0.3) is 0 Å². The molecule has 1 aromatic carbocycles. The van der Waals surface area contributed by atoms with Gasteiger partial charge in [0, 0.05) is 11.4 Å². The molecule has 0 bridgehead atoms. The predicted molar refractivity (Wildman–Crippen MR) is 73.0 cm³/mol. The number of halogens is 2. The second-order valence-corrected chi connectivity index (χ2v) is 5.25. The highest BCUT2D eigenvalue weighted by Crippen LogP contribution is 2.19. The summed E-state index contributed by atoms with van der Waals surface area (Å²) in [5.74, 6) is -0.944. The molecule has 0 aliphatic heterocycles. The van der Waals surface area contributed by atoms with Crippen LogP contribution in [0.4, 0.5) is 4.39 Å². The van der Waals surface area contributed by atoms with E-state index in [1.54, 1.807) is 6.07 Å². The molecule has 0 radical (unpaired) electrons. The maximum atomic E-state index is 12.9. The van der Waals surface area contributed by atoms with Crippen LogP contribution in [0.5, 0.6) is 0 Å². The van der Waals surface area contributed by atoms with Crippen molar-refractivity contribution in [2.45, 2.75) is 6.10 Å². The lowest BCUT2D eigenvalue weighted by atomic mass is 10.2. The lowest BCUT2D eigenvalue weighted by Crippen LogP contribution is -2.28. The van der Waals surface area contributed by atoms with Gasteiger partial charge in [0.2, 0.25) is 0 Å². The lowest BCUT2D eigenvalue weighted by molar-refractivity contribution is 0.0918. The van der Waals surface area contributed by atoms with E-state index in [9.17, 15) is 14.3 Å². The van der Waals surface area contributed by atoms with Gasteiger partial charge in [-0.15, -0.1) is 11.3 Å². The standard InChI is InChI=1S/C13H11ClFNO2S/c14-10-6-8(15)3-4-9(10)13(18)16-7-11(17)12-2-1-5-19-12/h1-6,11,17H,7H2,(H,16,18). The minimum atomic E-state index is -0.761. The van der Waals surface area contributed by atoms with Crippen LogP contribution < -0.4 is 5.32 Å². The molecule has 2 N–H and O–H groups in total. The number of aliphatic hydroxyl groups is 1. The van der Waals surface area contributed by atoms with Crippen molar-refractivity contribution in [3.63, 3.8) is 0 Å². The third-order valence-corrected chi connectivity index (χ3v) is 3.79. The van der Waals surface area contributed by atoms with Gasteiger partial charge in [-0.25, -0.2) is 4.39 Å². The molecule has 0 aliphatic carbocycles. The Kier molecular flexibility index (Phi) is 4.52. The van der Waals surface area contributed by atoms with Crippen molar-refractivity contribution in [1.82, 2.24) is 5.32 Å². The number of amides is 1. The molecule has 2 rings (SSSR count). The molecule has 3 nitrogen and oxygen atoms in total. The van der Waals surface area contributed by atoms with Gasteiger partial charge in [-0.1, -0.05) is 17.7 Å². The van der Waals surface area contributed by atoms with Crippen LogP contribution in [0.1, 0.15) is 21.3 Å². The monoisotopic (exact) mass is 299 g/mol. The van der Waals surface area contributed by atoms with Gasteiger partial charge in [0.25, 0.3) is 5.91 Å². The molecule has 6 heteroatoms. The summed E-state index contributed by atoms with van der Waals surface area (Å²) in [6, 6.07) is 7.15. The van der Waals surface area contributed by atoms with Crippen molar-refractivity contribution in [3.05, 3.63) is 57.0 Å². The molecule has 0 fully saturated rings.